The normalized spacial score (nSPS) is 28.1. The molecule has 3 nitrogen and oxygen atoms in total. The molecule has 18 heavy (non-hydrogen) atoms. The zero-order chi connectivity index (χ0) is 12.5. The smallest absolute Gasteiger partial charge is 0.0476 e. The average molecular weight is 245 g/mol. The van der Waals surface area contributed by atoms with Crippen LogP contribution >= 0.6 is 0 Å². The summed E-state index contributed by atoms with van der Waals surface area (Å²) in [6.07, 6.45) is 2.72. The van der Waals surface area contributed by atoms with Crippen LogP contribution in [0.15, 0.2) is 24.3 Å². The molecule has 98 valence electrons. The lowest BCUT2D eigenvalue weighted by Crippen LogP contribution is -2.49. The molecule has 3 rings (SSSR count). The molecule has 1 N–H and O–H groups in total. The molecule has 2 atom stereocenters. The third-order valence-electron chi connectivity index (χ3n) is 4.33. The molecule has 2 unspecified atom stereocenters. The summed E-state index contributed by atoms with van der Waals surface area (Å²) >= 11 is 0. The molecule has 1 aromatic rings. The van der Waals surface area contributed by atoms with E-state index in [0.29, 0.717) is 6.04 Å². The van der Waals surface area contributed by atoms with Crippen LogP contribution in [0.2, 0.25) is 0 Å². The maximum absolute atomic E-state index is 3.59. The second-order valence-electron chi connectivity index (χ2n) is 5.69. The molecule has 0 aromatic heterocycles. The summed E-state index contributed by atoms with van der Waals surface area (Å²) in [5, 5.41) is 3.59. The fourth-order valence-corrected chi connectivity index (χ4v) is 3.30. The Morgan fingerprint density at radius 2 is 1.94 bits per heavy atom. The van der Waals surface area contributed by atoms with E-state index in [4.69, 9.17) is 0 Å². The van der Waals surface area contributed by atoms with Gasteiger partial charge in [0, 0.05) is 45.0 Å². The predicted octanol–water partition coefficient (Wildman–Crippen LogP) is 1.86. The number of nitrogens with zero attached hydrogens (tertiary/aromatic N) is 2. The van der Waals surface area contributed by atoms with Crippen molar-refractivity contribution >= 4 is 5.69 Å². The number of benzene rings is 1. The molecular formula is C15H23N3. The fourth-order valence-electron chi connectivity index (χ4n) is 3.30. The van der Waals surface area contributed by atoms with E-state index < -0.39 is 0 Å². The number of anilines is 1. The Labute approximate surface area is 110 Å². The van der Waals surface area contributed by atoms with E-state index >= 15 is 0 Å². The van der Waals surface area contributed by atoms with Gasteiger partial charge in [-0.2, -0.15) is 0 Å². The Morgan fingerprint density at radius 3 is 2.67 bits per heavy atom. The van der Waals surface area contributed by atoms with E-state index in [0.717, 1.165) is 12.6 Å². The van der Waals surface area contributed by atoms with Crippen LogP contribution in [0.25, 0.3) is 0 Å². The van der Waals surface area contributed by atoms with Gasteiger partial charge in [0.05, 0.1) is 0 Å². The van der Waals surface area contributed by atoms with Crippen molar-refractivity contribution in [1.29, 1.82) is 0 Å². The molecule has 3 heteroatoms. The molecule has 2 aliphatic heterocycles. The second kappa shape index (κ2) is 4.90. The van der Waals surface area contributed by atoms with Gasteiger partial charge in [-0.25, -0.2) is 0 Å². The van der Waals surface area contributed by atoms with Gasteiger partial charge in [0.1, 0.15) is 0 Å². The quantitative estimate of drug-likeness (QED) is 0.858. The van der Waals surface area contributed by atoms with Crippen LogP contribution in [0.4, 0.5) is 5.69 Å². The van der Waals surface area contributed by atoms with Gasteiger partial charge in [-0.05, 0) is 37.1 Å². The van der Waals surface area contributed by atoms with Crippen molar-refractivity contribution in [1.82, 2.24) is 10.2 Å². The van der Waals surface area contributed by atoms with Gasteiger partial charge in [-0.1, -0.05) is 12.1 Å². The van der Waals surface area contributed by atoms with Gasteiger partial charge in [0.25, 0.3) is 0 Å². The van der Waals surface area contributed by atoms with Crippen molar-refractivity contribution in [2.45, 2.75) is 24.9 Å². The molecular weight excluding hydrogens is 222 g/mol. The van der Waals surface area contributed by atoms with Crippen LogP contribution in [0.5, 0.6) is 0 Å². The third kappa shape index (κ3) is 2.13. The van der Waals surface area contributed by atoms with Gasteiger partial charge in [-0.3, -0.25) is 4.90 Å². The van der Waals surface area contributed by atoms with E-state index in [1.54, 1.807) is 0 Å². The topological polar surface area (TPSA) is 18.5 Å². The first-order chi connectivity index (χ1) is 8.75. The highest BCUT2D eigenvalue weighted by atomic mass is 15.3. The van der Waals surface area contributed by atoms with Crippen LogP contribution in [0.3, 0.4) is 0 Å². The molecule has 0 radical (unpaired) electrons. The first-order valence-electron chi connectivity index (χ1n) is 6.99. The SMILES string of the molecule is CN(C)c1ccc(C2CNCC3CCCN32)cc1. The van der Waals surface area contributed by atoms with Gasteiger partial charge in [0.2, 0.25) is 0 Å². The predicted molar refractivity (Wildman–Crippen MR) is 76.1 cm³/mol. The molecule has 2 heterocycles. The van der Waals surface area contributed by atoms with Gasteiger partial charge in [-0.15, -0.1) is 0 Å². The van der Waals surface area contributed by atoms with Crippen LogP contribution in [-0.2, 0) is 0 Å². The summed E-state index contributed by atoms with van der Waals surface area (Å²) in [7, 11) is 4.18. The van der Waals surface area contributed by atoms with E-state index in [1.807, 2.05) is 0 Å². The number of nitrogens with one attached hydrogen (secondary N) is 1. The van der Waals surface area contributed by atoms with Crippen LogP contribution in [-0.4, -0.2) is 44.7 Å². The molecule has 2 fully saturated rings. The molecule has 0 spiro atoms. The lowest BCUT2D eigenvalue weighted by molar-refractivity contribution is 0.138. The summed E-state index contributed by atoms with van der Waals surface area (Å²) in [6, 6.07) is 10.4. The van der Waals surface area contributed by atoms with Crippen molar-refractivity contribution in [3.05, 3.63) is 29.8 Å². The highest BCUT2D eigenvalue weighted by molar-refractivity contribution is 5.46. The Balaban J connectivity index is 1.80. The molecule has 0 aliphatic carbocycles. The maximum atomic E-state index is 3.59. The lowest BCUT2D eigenvalue weighted by atomic mass is 10.0. The number of hydrogen-bond acceptors (Lipinski definition) is 3. The molecule has 0 saturated carbocycles. The average Bonchev–Trinajstić information content (AvgIpc) is 2.87. The first-order valence-corrected chi connectivity index (χ1v) is 6.99. The Morgan fingerprint density at radius 1 is 1.17 bits per heavy atom. The van der Waals surface area contributed by atoms with Gasteiger partial charge in [0.15, 0.2) is 0 Å². The monoisotopic (exact) mass is 245 g/mol. The van der Waals surface area contributed by atoms with Crippen LogP contribution in [0.1, 0.15) is 24.4 Å². The van der Waals surface area contributed by atoms with E-state index in [1.165, 1.54) is 37.2 Å². The highest BCUT2D eigenvalue weighted by Crippen LogP contribution is 2.31. The molecule has 2 saturated heterocycles. The van der Waals surface area contributed by atoms with E-state index in [2.05, 4.69) is 53.5 Å². The summed E-state index contributed by atoms with van der Waals surface area (Å²) in [5.41, 5.74) is 2.74. The summed E-state index contributed by atoms with van der Waals surface area (Å²) in [6.45, 7) is 3.54. The third-order valence-corrected chi connectivity index (χ3v) is 4.33. The van der Waals surface area contributed by atoms with E-state index in [-0.39, 0.29) is 0 Å². The largest absolute Gasteiger partial charge is 0.378 e. The van der Waals surface area contributed by atoms with Gasteiger partial charge >= 0.3 is 0 Å². The van der Waals surface area contributed by atoms with Crippen LogP contribution < -0.4 is 10.2 Å². The fraction of sp³-hybridized carbons (Fsp3) is 0.600. The van der Waals surface area contributed by atoms with Crippen molar-refractivity contribution in [2.75, 3.05) is 38.6 Å². The number of fused-ring (bicyclic) bond motifs is 1. The van der Waals surface area contributed by atoms with Crippen molar-refractivity contribution in [3.8, 4) is 0 Å². The lowest BCUT2D eigenvalue weighted by Gasteiger charge is -2.38. The number of rotatable bonds is 2. The van der Waals surface area contributed by atoms with Crippen molar-refractivity contribution < 1.29 is 0 Å². The molecule has 0 bridgehead atoms. The molecule has 0 amide bonds. The van der Waals surface area contributed by atoms with Gasteiger partial charge < -0.3 is 10.2 Å². The first kappa shape index (κ1) is 12.0. The Bertz CT molecular complexity index is 399. The maximum Gasteiger partial charge on any atom is 0.0476 e. The van der Waals surface area contributed by atoms with Crippen LogP contribution in [0, 0.1) is 0 Å². The number of piperazine rings is 1. The summed E-state index contributed by atoms with van der Waals surface area (Å²) in [5.74, 6) is 0. The minimum Gasteiger partial charge on any atom is -0.378 e. The Hall–Kier alpha value is -1.06. The Kier molecular flexibility index (Phi) is 3.27. The summed E-state index contributed by atoms with van der Waals surface area (Å²) in [4.78, 5) is 4.85. The van der Waals surface area contributed by atoms with E-state index in [9.17, 15) is 0 Å². The van der Waals surface area contributed by atoms with Crippen molar-refractivity contribution in [3.63, 3.8) is 0 Å². The standard InChI is InChI=1S/C15H23N3/c1-17(2)13-7-5-12(6-8-13)15-11-16-10-14-4-3-9-18(14)15/h5-8,14-16H,3-4,9-11H2,1-2H3. The zero-order valence-corrected chi connectivity index (χ0v) is 11.4. The molecule has 2 aliphatic rings. The van der Waals surface area contributed by atoms with Crippen molar-refractivity contribution in [2.24, 2.45) is 0 Å². The molecule has 1 aromatic carbocycles. The summed E-state index contributed by atoms with van der Waals surface area (Å²) < 4.78 is 0. The number of hydrogen-bond donors (Lipinski definition) is 1. The highest BCUT2D eigenvalue weighted by Gasteiger charge is 2.34. The zero-order valence-electron chi connectivity index (χ0n) is 11.4. The second-order valence-corrected chi connectivity index (χ2v) is 5.69. The minimum absolute atomic E-state index is 0.572. The minimum atomic E-state index is 0.572.